The van der Waals surface area contributed by atoms with E-state index in [0.717, 1.165) is 4.57 Å². The molecule has 0 spiro atoms. The van der Waals surface area contributed by atoms with Gasteiger partial charge in [-0.15, -0.1) is 0 Å². The summed E-state index contributed by atoms with van der Waals surface area (Å²) in [7, 11) is 2.82. The monoisotopic (exact) mass is 414 g/mol. The quantitative estimate of drug-likeness (QED) is 0.493. The van der Waals surface area contributed by atoms with Gasteiger partial charge in [0.25, 0.3) is 17.4 Å². The van der Waals surface area contributed by atoms with Crippen molar-refractivity contribution in [3.63, 3.8) is 0 Å². The normalized spacial score (nSPS) is 15.1. The van der Waals surface area contributed by atoms with Gasteiger partial charge >= 0.3 is 5.69 Å². The maximum atomic E-state index is 12.4. The molecule has 2 N–H and O–H groups in total. The molecule has 0 fully saturated rings. The summed E-state index contributed by atoms with van der Waals surface area (Å²) in [4.78, 5) is 52.9. The van der Waals surface area contributed by atoms with Gasteiger partial charge in [0, 0.05) is 14.1 Å². The van der Waals surface area contributed by atoms with Crippen molar-refractivity contribution in [1.82, 2.24) is 29.5 Å². The van der Waals surface area contributed by atoms with Crippen LogP contribution in [0.4, 0.5) is 0 Å². The number of hydrazine groups is 1. The molecule has 1 atom stereocenters. The van der Waals surface area contributed by atoms with Crippen LogP contribution >= 0.6 is 0 Å². The maximum Gasteiger partial charge on any atom is 0.332 e. The van der Waals surface area contributed by atoms with Crippen LogP contribution < -0.4 is 31.6 Å². The molecular weight excluding hydrogens is 396 g/mol. The average Bonchev–Trinajstić information content (AvgIpc) is 3.17. The molecule has 12 heteroatoms. The summed E-state index contributed by atoms with van der Waals surface area (Å²) in [5.41, 5.74) is 3.70. The Morgan fingerprint density at radius 3 is 2.63 bits per heavy atom. The van der Waals surface area contributed by atoms with Gasteiger partial charge < -0.3 is 14.0 Å². The number of fused-ring (bicyclic) bond motifs is 2. The Hall–Kier alpha value is -4.09. The minimum absolute atomic E-state index is 0.00501. The number of nitrogens with one attached hydrogen (secondary N) is 2. The van der Waals surface area contributed by atoms with Crippen LogP contribution in [0.2, 0.25) is 0 Å². The number of aryl methyl sites for hydroxylation is 1. The lowest BCUT2D eigenvalue weighted by molar-refractivity contribution is -0.135. The van der Waals surface area contributed by atoms with Gasteiger partial charge in [-0.25, -0.2) is 9.78 Å². The zero-order valence-electron chi connectivity index (χ0n) is 16.1. The summed E-state index contributed by atoms with van der Waals surface area (Å²) < 4.78 is 14.5. The topological polar surface area (TPSA) is 138 Å². The third kappa shape index (κ3) is 3.27. The SMILES string of the molecule is Cn1c(=O)c2c(ncn2CC(=O)NNC(=O)[C@@H]2COc3ccccc3O2)n(C)c1=O. The minimum Gasteiger partial charge on any atom is -0.485 e. The minimum atomic E-state index is -0.934. The van der Waals surface area contributed by atoms with Crippen molar-refractivity contribution in [2.75, 3.05) is 6.61 Å². The number of hydrogen-bond donors (Lipinski definition) is 2. The fraction of sp³-hybridized carbons (Fsp3) is 0.278. The van der Waals surface area contributed by atoms with E-state index < -0.39 is 29.2 Å². The van der Waals surface area contributed by atoms with Gasteiger partial charge in [0.05, 0.1) is 6.33 Å². The number of rotatable bonds is 3. The number of imidazole rings is 1. The smallest absolute Gasteiger partial charge is 0.332 e. The zero-order chi connectivity index (χ0) is 21.4. The molecule has 0 aliphatic carbocycles. The highest BCUT2D eigenvalue weighted by Gasteiger charge is 2.27. The molecule has 2 aromatic heterocycles. The van der Waals surface area contributed by atoms with Gasteiger partial charge in [0.2, 0.25) is 6.10 Å². The fourth-order valence-electron chi connectivity index (χ4n) is 3.07. The fourth-order valence-corrected chi connectivity index (χ4v) is 3.07. The second-order valence-electron chi connectivity index (χ2n) is 6.65. The Kier molecular flexibility index (Phi) is 4.74. The second kappa shape index (κ2) is 7.39. The summed E-state index contributed by atoms with van der Waals surface area (Å²) in [6.45, 7) is -0.302. The number of aromatic nitrogens is 4. The molecule has 1 aromatic carbocycles. The number of carbonyl (C=O) groups is 2. The van der Waals surface area contributed by atoms with E-state index in [4.69, 9.17) is 9.47 Å². The van der Waals surface area contributed by atoms with E-state index >= 15 is 0 Å². The lowest BCUT2D eigenvalue weighted by Gasteiger charge is -2.25. The average molecular weight is 414 g/mol. The van der Waals surface area contributed by atoms with Crippen LogP contribution in [0, 0.1) is 0 Å². The highest BCUT2D eigenvalue weighted by molar-refractivity contribution is 5.85. The first-order chi connectivity index (χ1) is 14.4. The Balaban J connectivity index is 1.42. The molecule has 0 saturated carbocycles. The lowest BCUT2D eigenvalue weighted by Crippen LogP contribution is -2.51. The molecule has 4 rings (SSSR count). The Labute approximate surface area is 168 Å². The third-order valence-corrected chi connectivity index (χ3v) is 4.66. The van der Waals surface area contributed by atoms with Crippen LogP contribution in [0.5, 0.6) is 11.5 Å². The van der Waals surface area contributed by atoms with Crippen molar-refractivity contribution in [1.29, 1.82) is 0 Å². The molecule has 3 aromatic rings. The van der Waals surface area contributed by atoms with E-state index in [1.165, 1.54) is 29.6 Å². The first-order valence-corrected chi connectivity index (χ1v) is 8.95. The molecular formula is C18H18N6O6. The second-order valence-corrected chi connectivity index (χ2v) is 6.65. The van der Waals surface area contributed by atoms with Gasteiger partial charge in [-0.2, -0.15) is 0 Å². The van der Waals surface area contributed by atoms with Crippen molar-refractivity contribution in [3.8, 4) is 11.5 Å². The van der Waals surface area contributed by atoms with Gasteiger partial charge in [-0.3, -0.25) is 34.4 Å². The van der Waals surface area contributed by atoms with Crippen LogP contribution in [0.3, 0.4) is 0 Å². The van der Waals surface area contributed by atoms with Crippen molar-refractivity contribution >= 4 is 23.0 Å². The first-order valence-electron chi connectivity index (χ1n) is 8.95. The van der Waals surface area contributed by atoms with Gasteiger partial charge in [-0.05, 0) is 12.1 Å². The molecule has 0 unspecified atom stereocenters. The van der Waals surface area contributed by atoms with Gasteiger partial charge in [0.1, 0.15) is 13.2 Å². The first kappa shape index (κ1) is 19.2. The van der Waals surface area contributed by atoms with Crippen LogP contribution in [-0.4, -0.2) is 43.2 Å². The van der Waals surface area contributed by atoms with E-state index in [1.54, 1.807) is 24.3 Å². The summed E-state index contributed by atoms with van der Waals surface area (Å²) in [6, 6.07) is 6.93. The highest BCUT2D eigenvalue weighted by atomic mass is 16.6. The molecule has 0 saturated heterocycles. The summed E-state index contributed by atoms with van der Waals surface area (Å²) in [6.07, 6.45) is 0.346. The predicted octanol–water partition coefficient (Wildman–Crippen LogP) is -1.58. The van der Waals surface area contributed by atoms with Crippen LogP contribution in [-0.2, 0) is 30.2 Å². The standard InChI is InChI=1S/C18H18N6O6/c1-22-15-14(17(27)23(2)18(22)28)24(9-19-15)7-13(25)20-21-16(26)12-8-29-10-5-3-4-6-11(10)30-12/h3-6,9,12H,7-8H2,1-2H3,(H,20,25)(H,21,26)/t12-/m0/s1. The Morgan fingerprint density at radius 2 is 1.87 bits per heavy atom. The van der Waals surface area contributed by atoms with E-state index in [0.29, 0.717) is 11.5 Å². The summed E-state index contributed by atoms with van der Waals surface area (Å²) in [5.74, 6) is -0.225. The van der Waals surface area contributed by atoms with Gasteiger partial charge in [0.15, 0.2) is 22.7 Å². The Bertz CT molecular complexity index is 1270. The van der Waals surface area contributed by atoms with Crippen molar-refractivity contribution in [3.05, 3.63) is 51.4 Å². The van der Waals surface area contributed by atoms with Crippen LogP contribution in [0.25, 0.3) is 11.2 Å². The molecule has 12 nitrogen and oxygen atoms in total. The van der Waals surface area contributed by atoms with E-state index in [-0.39, 0.29) is 24.3 Å². The molecule has 3 heterocycles. The number of nitrogens with zero attached hydrogens (tertiary/aromatic N) is 4. The van der Waals surface area contributed by atoms with Gasteiger partial charge in [-0.1, -0.05) is 12.1 Å². The molecule has 0 radical (unpaired) electrons. The predicted molar refractivity (Wildman–Crippen MR) is 103 cm³/mol. The van der Waals surface area contributed by atoms with E-state index in [1.807, 2.05) is 0 Å². The Morgan fingerprint density at radius 1 is 1.13 bits per heavy atom. The maximum absolute atomic E-state index is 12.4. The number of hydrogen-bond acceptors (Lipinski definition) is 7. The van der Waals surface area contributed by atoms with Crippen molar-refractivity contribution < 1.29 is 19.1 Å². The molecule has 156 valence electrons. The summed E-state index contributed by atoms with van der Waals surface area (Å²) in [5, 5.41) is 0. The van der Waals surface area contributed by atoms with Crippen molar-refractivity contribution in [2.45, 2.75) is 12.6 Å². The van der Waals surface area contributed by atoms with Crippen LogP contribution in [0.1, 0.15) is 0 Å². The van der Waals surface area contributed by atoms with Crippen LogP contribution in [0.15, 0.2) is 40.2 Å². The third-order valence-electron chi connectivity index (χ3n) is 4.66. The molecule has 1 aliphatic heterocycles. The molecule has 0 bridgehead atoms. The molecule has 1 aliphatic rings. The van der Waals surface area contributed by atoms with Crippen molar-refractivity contribution in [2.24, 2.45) is 14.1 Å². The van der Waals surface area contributed by atoms with E-state index in [2.05, 4.69) is 15.8 Å². The number of para-hydroxylation sites is 2. The lowest BCUT2D eigenvalue weighted by atomic mass is 10.2. The number of carbonyl (C=O) groups excluding carboxylic acids is 2. The molecule has 2 amide bonds. The largest absolute Gasteiger partial charge is 0.485 e. The summed E-state index contributed by atoms with van der Waals surface area (Å²) >= 11 is 0. The number of benzene rings is 1. The number of ether oxygens (including phenoxy) is 2. The zero-order valence-corrected chi connectivity index (χ0v) is 16.1. The molecule has 30 heavy (non-hydrogen) atoms. The van der Waals surface area contributed by atoms with E-state index in [9.17, 15) is 19.2 Å². The number of amides is 2. The highest BCUT2D eigenvalue weighted by Crippen LogP contribution is 2.30.